The highest BCUT2D eigenvalue weighted by Gasteiger charge is 2.08. The van der Waals surface area contributed by atoms with Crippen molar-refractivity contribution >= 4 is 23.6 Å². The average molecular weight is 329 g/mol. The summed E-state index contributed by atoms with van der Waals surface area (Å²) in [7, 11) is 2.00. The summed E-state index contributed by atoms with van der Waals surface area (Å²) in [5.41, 5.74) is 7.27. The number of nitrogens with zero attached hydrogens (tertiary/aromatic N) is 2. The van der Waals surface area contributed by atoms with Gasteiger partial charge < -0.3 is 4.90 Å². The van der Waals surface area contributed by atoms with Gasteiger partial charge in [0.1, 0.15) is 0 Å². The molecule has 2 aromatic carbocycles. The molecule has 2 aromatic rings. The van der Waals surface area contributed by atoms with Gasteiger partial charge in [-0.1, -0.05) is 35.4 Å². The molecule has 0 aromatic heterocycles. The predicted octanol–water partition coefficient (Wildman–Crippen LogP) is 5.47. The highest BCUT2D eigenvalue weighted by Crippen LogP contribution is 2.30. The zero-order chi connectivity index (χ0) is 17.0. The third kappa shape index (κ3) is 4.59. The van der Waals surface area contributed by atoms with Crippen molar-refractivity contribution in [3.8, 4) is 0 Å². The summed E-state index contributed by atoms with van der Waals surface area (Å²) >= 11 is 6.43. The van der Waals surface area contributed by atoms with Crippen molar-refractivity contribution in [2.24, 2.45) is 4.99 Å². The first-order chi connectivity index (χ1) is 10.9. The minimum atomic E-state index is 0.705. The summed E-state index contributed by atoms with van der Waals surface area (Å²) in [6, 6.07) is 10.7. The van der Waals surface area contributed by atoms with Gasteiger partial charge in [-0.25, -0.2) is 4.99 Å². The molecule has 122 valence electrons. The summed E-state index contributed by atoms with van der Waals surface area (Å²) in [6.45, 7) is 9.42. The van der Waals surface area contributed by atoms with Crippen LogP contribution in [0, 0.1) is 20.8 Å². The molecule has 0 atom stereocenters. The molecule has 0 radical (unpaired) electrons. The van der Waals surface area contributed by atoms with E-state index in [1.54, 1.807) is 0 Å². The van der Waals surface area contributed by atoms with E-state index in [-0.39, 0.29) is 0 Å². The molecular formula is C20H25ClN2. The molecule has 0 unspecified atom stereocenters. The summed E-state index contributed by atoms with van der Waals surface area (Å²) in [5, 5.41) is 0.705. The molecule has 2 nitrogen and oxygen atoms in total. The van der Waals surface area contributed by atoms with Crippen LogP contribution in [0.1, 0.15) is 34.7 Å². The van der Waals surface area contributed by atoms with E-state index in [0.29, 0.717) is 5.02 Å². The molecule has 0 saturated carbocycles. The number of aliphatic imine (C=N–C) groups is 1. The second-order valence-electron chi connectivity index (χ2n) is 6.15. The number of aryl methyl sites for hydroxylation is 3. The molecule has 0 aliphatic heterocycles. The van der Waals surface area contributed by atoms with Crippen LogP contribution in [0.25, 0.3) is 0 Å². The molecule has 3 heteroatoms. The Labute approximate surface area is 144 Å². The topological polar surface area (TPSA) is 15.6 Å². The van der Waals surface area contributed by atoms with E-state index in [9.17, 15) is 0 Å². The zero-order valence-electron chi connectivity index (χ0n) is 14.7. The van der Waals surface area contributed by atoms with Crippen LogP contribution in [0.3, 0.4) is 0 Å². The molecule has 0 saturated heterocycles. The van der Waals surface area contributed by atoms with Crippen LogP contribution in [0.5, 0.6) is 0 Å². The monoisotopic (exact) mass is 328 g/mol. The SMILES string of the molecule is CCN(C)/C=N\c1cc(C)c(Cc2ccc(C)cc2C)cc1Cl. The Bertz CT molecular complexity index is 720. The van der Waals surface area contributed by atoms with Crippen LogP contribution in [-0.4, -0.2) is 24.8 Å². The van der Waals surface area contributed by atoms with Crippen LogP contribution >= 0.6 is 11.6 Å². The third-order valence-electron chi connectivity index (χ3n) is 4.18. The third-order valence-corrected chi connectivity index (χ3v) is 4.48. The second-order valence-corrected chi connectivity index (χ2v) is 6.56. The molecule has 0 amide bonds. The van der Waals surface area contributed by atoms with Gasteiger partial charge in [-0.3, -0.25) is 0 Å². The van der Waals surface area contributed by atoms with E-state index in [0.717, 1.165) is 18.7 Å². The Balaban J connectivity index is 2.27. The number of hydrogen-bond acceptors (Lipinski definition) is 1. The van der Waals surface area contributed by atoms with Gasteiger partial charge in [0.25, 0.3) is 0 Å². The standard InChI is InChI=1S/C20H25ClN2/c1-6-23(5)13-22-20-10-16(4)18(12-19(20)21)11-17-8-7-14(2)9-15(17)3/h7-10,12-13H,6,11H2,1-5H3/b22-13-. The van der Waals surface area contributed by atoms with Gasteiger partial charge in [0.05, 0.1) is 17.0 Å². The fraction of sp³-hybridized carbons (Fsp3) is 0.350. The maximum absolute atomic E-state index is 6.43. The average Bonchev–Trinajstić information content (AvgIpc) is 2.51. The fourth-order valence-electron chi connectivity index (χ4n) is 2.49. The maximum atomic E-state index is 6.43. The Morgan fingerprint density at radius 3 is 2.39 bits per heavy atom. The number of rotatable bonds is 5. The van der Waals surface area contributed by atoms with Crippen molar-refractivity contribution in [2.75, 3.05) is 13.6 Å². The summed E-state index contributed by atoms with van der Waals surface area (Å²) in [5.74, 6) is 0. The Kier molecular flexibility index (Phi) is 5.84. The molecular weight excluding hydrogens is 304 g/mol. The van der Waals surface area contributed by atoms with Gasteiger partial charge >= 0.3 is 0 Å². The molecule has 0 fully saturated rings. The molecule has 0 N–H and O–H groups in total. The lowest BCUT2D eigenvalue weighted by Gasteiger charge is -2.12. The molecule has 2 rings (SSSR count). The van der Waals surface area contributed by atoms with Gasteiger partial charge in [-0.05, 0) is 68.5 Å². The smallest absolute Gasteiger partial charge is 0.0910 e. The van der Waals surface area contributed by atoms with E-state index < -0.39 is 0 Å². The lowest BCUT2D eigenvalue weighted by Crippen LogP contribution is -2.14. The van der Waals surface area contributed by atoms with Crippen molar-refractivity contribution in [3.05, 3.63) is 63.2 Å². The highest BCUT2D eigenvalue weighted by atomic mass is 35.5. The first-order valence-electron chi connectivity index (χ1n) is 8.00. The van der Waals surface area contributed by atoms with E-state index in [2.05, 4.69) is 63.0 Å². The normalized spacial score (nSPS) is 11.2. The van der Waals surface area contributed by atoms with Crippen molar-refractivity contribution < 1.29 is 0 Å². The molecule has 0 heterocycles. The van der Waals surface area contributed by atoms with Crippen LogP contribution in [0.15, 0.2) is 35.3 Å². The first-order valence-corrected chi connectivity index (χ1v) is 8.38. The molecule has 0 aliphatic rings. The van der Waals surface area contributed by atoms with Crippen LogP contribution < -0.4 is 0 Å². The highest BCUT2D eigenvalue weighted by molar-refractivity contribution is 6.33. The van der Waals surface area contributed by atoms with Gasteiger partial charge in [0, 0.05) is 13.6 Å². The van der Waals surface area contributed by atoms with Crippen LogP contribution in [0.4, 0.5) is 5.69 Å². The van der Waals surface area contributed by atoms with Gasteiger partial charge in [0.2, 0.25) is 0 Å². The van der Waals surface area contributed by atoms with Gasteiger partial charge in [-0.2, -0.15) is 0 Å². The van der Waals surface area contributed by atoms with Gasteiger partial charge in [-0.15, -0.1) is 0 Å². The zero-order valence-corrected chi connectivity index (χ0v) is 15.4. The Morgan fingerprint density at radius 2 is 1.74 bits per heavy atom. The Hall–Kier alpha value is -1.80. The maximum Gasteiger partial charge on any atom is 0.0910 e. The Morgan fingerprint density at radius 1 is 1.04 bits per heavy atom. The molecule has 0 bridgehead atoms. The minimum absolute atomic E-state index is 0.705. The van der Waals surface area contributed by atoms with Crippen molar-refractivity contribution in [3.63, 3.8) is 0 Å². The minimum Gasteiger partial charge on any atom is -0.366 e. The van der Waals surface area contributed by atoms with Crippen molar-refractivity contribution in [1.29, 1.82) is 0 Å². The lowest BCUT2D eigenvalue weighted by molar-refractivity contribution is 0.552. The van der Waals surface area contributed by atoms with Crippen molar-refractivity contribution in [1.82, 2.24) is 4.90 Å². The largest absolute Gasteiger partial charge is 0.366 e. The van der Waals surface area contributed by atoms with E-state index in [1.165, 1.54) is 27.8 Å². The van der Waals surface area contributed by atoms with E-state index in [4.69, 9.17) is 11.6 Å². The van der Waals surface area contributed by atoms with E-state index >= 15 is 0 Å². The first kappa shape index (κ1) is 17.6. The fourth-order valence-corrected chi connectivity index (χ4v) is 2.72. The summed E-state index contributed by atoms with van der Waals surface area (Å²) in [6.07, 6.45) is 2.72. The van der Waals surface area contributed by atoms with Crippen LogP contribution in [-0.2, 0) is 6.42 Å². The second kappa shape index (κ2) is 7.65. The van der Waals surface area contributed by atoms with Gasteiger partial charge in [0.15, 0.2) is 0 Å². The number of halogens is 1. The lowest BCUT2D eigenvalue weighted by atomic mass is 9.96. The van der Waals surface area contributed by atoms with Crippen LogP contribution in [0.2, 0.25) is 5.02 Å². The van der Waals surface area contributed by atoms with Crippen molar-refractivity contribution in [2.45, 2.75) is 34.1 Å². The summed E-state index contributed by atoms with van der Waals surface area (Å²) < 4.78 is 0. The number of benzene rings is 2. The molecule has 0 aliphatic carbocycles. The predicted molar refractivity (Wildman–Crippen MR) is 101 cm³/mol. The molecule has 23 heavy (non-hydrogen) atoms. The quantitative estimate of drug-likeness (QED) is 0.525. The number of hydrogen-bond donors (Lipinski definition) is 0. The summed E-state index contributed by atoms with van der Waals surface area (Å²) in [4.78, 5) is 6.51. The van der Waals surface area contributed by atoms with E-state index in [1.807, 2.05) is 18.3 Å². The molecule has 0 spiro atoms.